The number of hydrogen-bond acceptors (Lipinski definition) is 1. The third-order valence-electron chi connectivity index (χ3n) is 2.71. The molecular weight excluding hydrogens is 214 g/mol. The number of nitrogens with zero attached hydrogens (tertiary/aromatic N) is 1. The number of anilines is 1. The summed E-state index contributed by atoms with van der Waals surface area (Å²) in [6.07, 6.45) is 0.807. The van der Waals surface area contributed by atoms with Crippen LogP contribution < -0.4 is 4.90 Å². The van der Waals surface area contributed by atoms with Crippen LogP contribution >= 0.6 is 0 Å². The molecule has 0 unspecified atom stereocenters. The lowest BCUT2D eigenvalue weighted by atomic mass is 9.84. The van der Waals surface area contributed by atoms with Crippen molar-refractivity contribution in [2.75, 3.05) is 11.9 Å². The van der Waals surface area contributed by atoms with Crippen molar-refractivity contribution in [3.8, 4) is 0 Å². The predicted octanol–water partition coefficient (Wildman–Crippen LogP) is 3.74. The monoisotopic (exact) mass is 233 g/mol. The lowest BCUT2D eigenvalue weighted by Crippen LogP contribution is -2.27. The van der Waals surface area contributed by atoms with Gasteiger partial charge in [-0.1, -0.05) is 39.5 Å². The fourth-order valence-electron chi connectivity index (χ4n) is 1.68. The van der Waals surface area contributed by atoms with E-state index in [0.29, 0.717) is 0 Å². The van der Waals surface area contributed by atoms with Crippen molar-refractivity contribution in [1.82, 2.24) is 0 Å². The van der Waals surface area contributed by atoms with Gasteiger partial charge in [-0.05, 0) is 28.7 Å². The highest BCUT2D eigenvalue weighted by Crippen LogP contribution is 2.32. The average molecular weight is 233 g/mol. The highest BCUT2D eigenvalue weighted by molar-refractivity contribution is 5.87. The Morgan fingerprint density at radius 1 is 1.41 bits per heavy atom. The van der Waals surface area contributed by atoms with Crippen molar-refractivity contribution in [1.29, 1.82) is 0 Å². The van der Waals surface area contributed by atoms with Crippen LogP contribution in [0.2, 0.25) is 0 Å². The number of rotatable bonds is 2. The molecule has 0 heterocycles. The maximum absolute atomic E-state index is 11.0. The SMILES string of the molecule is C=Cc1ccc(N(C)C(=O)O)c(C(C)(C)C)c1. The lowest BCUT2D eigenvalue weighted by Gasteiger charge is -2.26. The van der Waals surface area contributed by atoms with Crippen molar-refractivity contribution < 1.29 is 9.90 Å². The number of benzene rings is 1. The Hall–Kier alpha value is -1.77. The highest BCUT2D eigenvalue weighted by Gasteiger charge is 2.22. The summed E-state index contributed by atoms with van der Waals surface area (Å²) in [5.41, 5.74) is 2.60. The number of amides is 1. The molecule has 0 radical (unpaired) electrons. The maximum Gasteiger partial charge on any atom is 0.411 e. The first kappa shape index (κ1) is 13.3. The second kappa shape index (κ2) is 4.62. The minimum absolute atomic E-state index is 0.113. The van der Waals surface area contributed by atoms with Crippen LogP contribution in [0.25, 0.3) is 6.08 Å². The first-order valence-electron chi connectivity index (χ1n) is 5.51. The molecule has 0 atom stereocenters. The molecule has 0 aliphatic carbocycles. The van der Waals surface area contributed by atoms with E-state index in [9.17, 15) is 4.79 Å². The van der Waals surface area contributed by atoms with Crippen molar-refractivity contribution in [2.45, 2.75) is 26.2 Å². The van der Waals surface area contributed by atoms with Gasteiger partial charge in [0.05, 0.1) is 5.69 Å². The van der Waals surface area contributed by atoms with E-state index in [1.54, 1.807) is 13.1 Å². The molecule has 0 saturated carbocycles. The van der Waals surface area contributed by atoms with Crippen LogP contribution in [0.3, 0.4) is 0 Å². The Balaban J connectivity index is 3.40. The van der Waals surface area contributed by atoms with Gasteiger partial charge < -0.3 is 5.11 Å². The van der Waals surface area contributed by atoms with E-state index in [2.05, 4.69) is 27.4 Å². The Morgan fingerprint density at radius 2 is 2.00 bits per heavy atom. The zero-order chi connectivity index (χ0) is 13.2. The van der Waals surface area contributed by atoms with Gasteiger partial charge in [-0.25, -0.2) is 4.79 Å². The van der Waals surface area contributed by atoms with Crippen LogP contribution in [0.4, 0.5) is 10.5 Å². The van der Waals surface area contributed by atoms with Gasteiger partial charge in [0.15, 0.2) is 0 Å². The van der Waals surface area contributed by atoms with E-state index in [-0.39, 0.29) is 5.41 Å². The minimum atomic E-state index is -0.957. The molecule has 0 bridgehead atoms. The summed E-state index contributed by atoms with van der Waals surface area (Å²) >= 11 is 0. The molecule has 0 aliphatic rings. The highest BCUT2D eigenvalue weighted by atomic mass is 16.4. The van der Waals surface area contributed by atoms with Crippen LogP contribution in [-0.2, 0) is 5.41 Å². The summed E-state index contributed by atoms with van der Waals surface area (Å²) < 4.78 is 0. The van der Waals surface area contributed by atoms with Gasteiger partial charge in [0, 0.05) is 7.05 Å². The van der Waals surface area contributed by atoms with E-state index < -0.39 is 6.09 Å². The molecule has 0 saturated heterocycles. The van der Waals surface area contributed by atoms with Crippen LogP contribution in [0.1, 0.15) is 31.9 Å². The summed E-state index contributed by atoms with van der Waals surface area (Å²) in [6, 6.07) is 5.69. The van der Waals surface area contributed by atoms with E-state index >= 15 is 0 Å². The van der Waals surface area contributed by atoms with Crippen molar-refractivity contribution in [2.24, 2.45) is 0 Å². The van der Waals surface area contributed by atoms with E-state index in [4.69, 9.17) is 5.11 Å². The first-order valence-corrected chi connectivity index (χ1v) is 5.51. The quantitative estimate of drug-likeness (QED) is 0.845. The standard InChI is InChI=1S/C14H19NO2/c1-6-10-7-8-12(15(5)13(16)17)11(9-10)14(2,3)4/h6-9H,1H2,2-5H3,(H,16,17). The zero-order valence-electron chi connectivity index (χ0n) is 10.8. The van der Waals surface area contributed by atoms with Crippen LogP contribution in [0.5, 0.6) is 0 Å². The summed E-state index contributed by atoms with van der Waals surface area (Å²) in [5, 5.41) is 9.06. The maximum atomic E-state index is 11.0. The predicted molar refractivity (Wildman–Crippen MR) is 71.7 cm³/mol. The lowest BCUT2D eigenvalue weighted by molar-refractivity contribution is 0.203. The third-order valence-corrected chi connectivity index (χ3v) is 2.71. The van der Waals surface area contributed by atoms with Crippen LogP contribution in [-0.4, -0.2) is 18.2 Å². The normalized spacial score (nSPS) is 11.1. The average Bonchev–Trinajstić information content (AvgIpc) is 2.26. The Bertz CT molecular complexity index is 444. The Kier molecular flexibility index (Phi) is 3.61. The molecule has 17 heavy (non-hydrogen) atoms. The van der Waals surface area contributed by atoms with E-state index in [1.165, 1.54) is 4.90 Å². The van der Waals surface area contributed by atoms with Gasteiger partial charge in [-0.3, -0.25) is 4.90 Å². The Morgan fingerprint density at radius 3 is 2.41 bits per heavy atom. The molecule has 3 heteroatoms. The summed E-state index contributed by atoms with van der Waals surface area (Å²) in [7, 11) is 1.56. The first-order chi connectivity index (χ1) is 7.77. The summed E-state index contributed by atoms with van der Waals surface area (Å²) in [4.78, 5) is 12.3. The topological polar surface area (TPSA) is 40.5 Å². The minimum Gasteiger partial charge on any atom is -0.465 e. The molecule has 3 nitrogen and oxygen atoms in total. The molecule has 1 amide bonds. The molecule has 92 valence electrons. The van der Waals surface area contributed by atoms with Crippen LogP contribution in [0, 0.1) is 0 Å². The molecular formula is C14H19NO2. The zero-order valence-corrected chi connectivity index (χ0v) is 10.8. The van der Waals surface area contributed by atoms with Crippen LogP contribution in [0.15, 0.2) is 24.8 Å². The molecule has 0 fully saturated rings. The summed E-state index contributed by atoms with van der Waals surface area (Å²) in [6.45, 7) is 9.93. The van der Waals surface area contributed by atoms with E-state index in [0.717, 1.165) is 16.8 Å². The van der Waals surface area contributed by atoms with Gasteiger partial charge in [-0.2, -0.15) is 0 Å². The molecule has 1 rings (SSSR count). The molecule has 0 aliphatic heterocycles. The second-order valence-corrected chi connectivity index (χ2v) is 5.07. The fraction of sp³-hybridized carbons (Fsp3) is 0.357. The second-order valence-electron chi connectivity index (χ2n) is 5.07. The Labute approximate surface area is 102 Å². The molecule has 1 N–H and O–H groups in total. The third kappa shape index (κ3) is 2.87. The molecule has 1 aromatic carbocycles. The smallest absolute Gasteiger partial charge is 0.411 e. The number of hydrogen-bond donors (Lipinski definition) is 1. The molecule has 0 aromatic heterocycles. The molecule has 1 aromatic rings. The van der Waals surface area contributed by atoms with Gasteiger partial charge in [0.1, 0.15) is 0 Å². The summed E-state index contributed by atoms with van der Waals surface area (Å²) in [5.74, 6) is 0. The number of carbonyl (C=O) groups is 1. The fourth-order valence-corrected chi connectivity index (χ4v) is 1.68. The van der Waals surface area contributed by atoms with Gasteiger partial charge in [-0.15, -0.1) is 0 Å². The van der Waals surface area contributed by atoms with Gasteiger partial charge in [0.25, 0.3) is 0 Å². The van der Waals surface area contributed by atoms with Crippen molar-refractivity contribution in [3.05, 3.63) is 35.9 Å². The van der Waals surface area contributed by atoms with Gasteiger partial charge in [0.2, 0.25) is 0 Å². The van der Waals surface area contributed by atoms with Gasteiger partial charge >= 0.3 is 6.09 Å². The van der Waals surface area contributed by atoms with Crippen molar-refractivity contribution >= 4 is 17.9 Å². The largest absolute Gasteiger partial charge is 0.465 e. The molecule has 0 spiro atoms. The van der Waals surface area contributed by atoms with E-state index in [1.807, 2.05) is 18.2 Å². The van der Waals surface area contributed by atoms with Crippen molar-refractivity contribution in [3.63, 3.8) is 0 Å². The number of carboxylic acid groups (broad SMARTS) is 1.